The summed E-state index contributed by atoms with van der Waals surface area (Å²) in [5, 5.41) is 18.9. The summed E-state index contributed by atoms with van der Waals surface area (Å²) in [4.78, 5) is 22.9. The topological polar surface area (TPSA) is 97.1 Å². The van der Waals surface area contributed by atoms with E-state index in [1.165, 1.54) is 4.68 Å². The highest BCUT2D eigenvalue weighted by atomic mass is 16.4. The number of nitrogens with zero attached hydrogens (tertiary/aromatic N) is 3. The predicted molar refractivity (Wildman–Crippen MR) is 76.3 cm³/mol. The van der Waals surface area contributed by atoms with Gasteiger partial charge in [-0.05, 0) is 44.0 Å². The maximum Gasteiger partial charge on any atom is 0.358 e. The van der Waals surface area contributed by atoms with E-state index in [9.17, 15) is 9.59 Å². The Labute approximate surface area is 121 Å². The highest BCUT2D eigenvalue weighted by Gasteiger charge is 2.16. The molecule has 0 radical (unpaired) electrons. The molecule has 110 valence electrons. The summed E-state index contributed by atoms with van der Waals surface area (Å²) >= 11 is 0. The van der Waals surface area contributed by atoms with Gasteiger partial charge in [0.2, 0.25) is 5.91 Å². The van der Waals surface area contributed by atoms with Crippen molar-refractivity contribution in [2.75, 3.05) is 5.32 Å². The highest BCUT2D eigenvalue weighted by molar-refractivity contribution is 5.91. The van der Waals surface area contributed by atoms with Gasteiger partial charge in [-0.2, -0.15) is 0 Å². The van der Waals surface area contributed by atoms with Crippen molar-refractivity contribution in [3.8, 4) is 0 Å². The Hall–Kier alpha value is -2.70. The molecule has 1 heterocycles. The Morgan fingerprint density at radius 2 is 1.81 bits per heavy atom. The van der Waals surface area contributed by atoms with Crippen LogP contribution >= 0.6 is 0 Å². The van der Waals surface area contributed by atoms with Gasteiger partial charge in [0, 0.05) is 5.69 Å². The van der Waals surface area contributed by atoms with Crippen LogP contribution in [0.4, 0.5) is 5.69 Å². The summed E-state index contributed by atoms with van der Waals surface area (Å²) in [7, 11) is 0. The number of benzene rings is 1. The van der Waals surface area contributed by atoms with E-state index < -0.39 is 5.97 Å². The number of nitrogens with one attached hydrogen (secondary N) is 1. The van der Waals surface area contributed by atoms with Crippen molar-refractivity contribution >= 4 is 17.6 Å². The number of hydrogen-bond acceptors (Lipinski definition) is 4. The van der Waals surface area contributed by atoms with E-state index >= 15 is 0 Å². The largest absolute Gasteiger partial charge is 0.476 e. The Morgan fingerprint density at radius 3 is 2.33 bits per heavy atom. The summed E-state index contributed by atoms with van der Waals surface area (Å²) in [5.41, 5.74) is 3.01. The van der Waals surface area contributed by atoms with E-state index in [0.29, 0.717) is 11.4 Å². The van der Waals surface area contributed by atoms with Gasteiger partial charge in [-0.3, -0.25) is 4.79 Å². The number of aromatic nitrogens is 3. The third-order valence-corrected chi connectivity index (χ3v) is 2.98. The normalized spacial score (nSPS) is 10.4. The lowest BCUT2D eigenvalue weighted by Gasteiger charge is -2.08. The molecule has 1 aromatic heterocycles. The molecule has 0 aliphatic carbocycles. The Bertz CT molecular complexity index is 686. The van der Waals surface area contributed by atoms with Crippen LogP contribution in [0.1, 0.15) is 27.3 Å². The summed E-state index contributed by atoms with van der Waals surface area (Å²) in [6, 6.07) is 5.74. The van der Waals surface area contributed by atoms with Crippen molar-refractivity contribution in [2.45, 2.75) is 27.3 Å². The number of anilines is 1. The van der Waals surface area contributed by atoms with E-state index in [4.69, 9.17) is 5.11 Å². The summed E-state index contributed by atoms with van der Waals surface area (Å²) < 4.78 is 1.27. The molecule has 2 aromatic rings. The molecule has 0 bridgehead atoms. The second-order valence-corrected chi connectivity index (χ2v) is 4.91. The molecular weight excluding hydrogens is 272 g/mol. The zero-order valence-corrected chi connectivity index (χ0v) is 12.0. The van der Waals surface area contributed by atoms with Crippen LogP contribution in [0.3, 0.4) is 0 Å². The number of carbonyl (C=O) groups is 2. The summed E-state index contributed by atoms with van der Waals surface area (Å²) in [5.74, 6) is -1.45. The van der Waals surface area contributed by atoms with Crippen molar-refractivity contribution in [1.82, 2.24) is 15.0 Å². The Balaban J connectivity index is 2.10. The van der Waals surface area contributed by atoms with Crippen LogP contribution in [0.25, 0.3) is 0 Å². The molecule has 1 amide bonds. The predicted octanol–water partition coefficient (Wildman–Crippen LogP) is 1.54. The van der Waals surface area contributed by atoms with E-state index in [0.717, 1.165) is 11.1 Å². The fourth-order valence-electron chi connectivity index (χ4n) is 2.09. The molecule has 0 aliphatic rings. The number of hydrogen-bond donors (Lipinski definition) is 2. The van der Waals surface area contributed by atoms with Gasteiger partial charge in [0.25, 0.3) is 0 Å². The first-order valence-corrected chi connectivity index (χ1v) is 6.38. The minimum absolute atomic E-state index is 0.0842. The van der Waals surface area contributed by atoms with Crippen molar-refractivity contribution in [3.63, 3.8) is 0 Å². The van der Waals surface area contributed by atoms with Crippen LogP contribution in [-0.4, -0.2) is 32.0 Å². The first kappa shape index (κ1) is 14.7. The number of aryl methyl sites for hydroxylation is 2. The lowest BCUT2D eigenvalue weighted by Crippen LogP contribution is -2.20. The molecule has 0 aliphatic heterocycles. The van der Waals surface area contributed by atoms with Gasteiger partial charge >= 0.3 is 5.97 Å². The molecule has 0 unspecified atom stereocenters. The third kappa shape index (κ3) is 3.44. The van der Waals surface area contributed by atoms with Crippen LogP contribution in [-0.2, 0) is 11.3 Å². The highest BCUT2D eigenvalue weighted by Crippen LogP contribution is 2.14. The molecule has 1 aromatic carbocycles. The zero-order valence-electron chi connectivity index (χ0n) is 12.0. The maximum atomic E-state index is 12.0. The standard InChI is InChI=1S/C14H16N4O3/c1-8-4-9(2)6-11(5-8)15-12(19)7-18-10(3)13(14(20)21)16-17-18/h4-6H,7H2,1-3H3,(H,15,19)(H,20,21). The lowest BCUT2D eigenvalue weighted by atomic mass is 10.1. The van der Waals surface area contributed by atoms with Crippen LogP contribution in [0.5, 0.6) is 0 Å². The van der Waals surface area contributed by atoms with Gasteiger partial charge in [0.1, 0.15) is 6.54 Å². The molecule has 0 saturated heterocycles. The number of aromatic carboxylic acids is 1. The molecular formula is C14H16N4O3. The Morgan fingerprint density at radius 1 is 1.19 bits per heavy atom. The quantitative estimate of drug-likeness (QED) is 0.889. The number of rotatable bonds is 4. The number of carboxylic acids is 1. The smallest absolute Gasteiger partial charge is 0.358 e. The van der Waals surface area contributed by atoms with Crippen molar-refractivity contribution < 1.29 is 14.7 Å². The molecule has 0 saturated carbocycles. The molecule has 21 heavy (non-hydrogen) atoms. The summed E-state index contributed by atoms with van der Waals surface area (Å²) in [6.07, 6.45) is 0. The number of carboxylic acid groups (broad SMARTS) is 1. The monoisotopic (exact) mass is 288 g/mol. The molecule has 7 nitrogen and oxygen atoms in total. The molecule has 0 spiro atoms. The fourth-order valence-corrected chi connectivity index (χ4v) is 2.09. The summed E-state index contributed by atoms with van der Waals surface area (Å²) in [6.45, 7) is 5.37. The van der Waals surface area contributed by atoms with Gasteiger partial charge in [0.05, 0.1) is 5.69 Å². The molecule has 7 heteroatoms. The van der Waals surface area contributed by atoms with E-state index in [2.05, 4.69) is 15.6 Å². The van der Waals surface area contributed by atoms with Gasteiger partial charge in [-0.1, -0.05) is 11.3 Å². The molecule has 0 fully saturated rings. The zero-order chi connectivity index (χ0) is 15.6. The molecule has 2 N–H and O–H groups in total. The number of amides is 1. The van der Waals surface area contributed by atoms with E-state index in [1.807, 2.05) is 32.0 Å². The van der Waals surface area contributed by atoms with Crippen molar-refractivity contribution in [1.29, 1.82) is 0 Å². The van der Waals surface area contributed by atoms with Crippen molar-refractivity contribution in [2.24, 2.45) is 0 Å². The average Bonchev–Trinajstić information content (AvgIpc) is 2.69. The number of carbonyl (C=O) groups excluding carboxylic acids is 1. The second kappa shape index (κ2) is 5.74. The Kier molecular flexibility index (Phi) is 4.02. The molecule has 2 rings (SSSR count). The van der Waals surface area contributed by atoms with Crippen LogP contribution in [0, 0.1) is 20.8 Å². The van der Waals surface area contributed by atoms with Gasteiger partial charge in [-0.25, -0.2) is 9.48 Å². The van der Waals surface area contributed by atoms with E-state index in [1.54, 1.807) is 6.92 Å². The average molecular weight is 288 g/mol. The van der Waals surface area contributed by atoms with Crippen LogP contribution in [0.2, 0.25) is 0 Å². The van der Waals surface area contributed by atoms with Crippen LogP contribution in [0.15, 0.2) is 18.2 Å². The minimum atomic E-state index is -1.16. The minimum Gasteiger partial charge on any atom is -0.476 e. The maximum absolute atomic E-state index is 12.0. The third-order valence-electron chi connectivity index (χ3n) is 2.98. The lowest BCUT2D eigenvalue weighted by molar-refractivity contribution is -0.117. The van der Waals surface area contributed by atoms with Gasteiger partial charge in [-0.15, -0.1) is 5.10 Å². The second-order valence-electron chi connectivity index (χ2n) is 4.91. The van der Waals surface area contributed by atoms with Gasteiger partial charge in [0.15, 0.2) is 5.69 Å². The first-order chi connectivity index (χ1) is 9.86. The van der Waals surface area contributed by atoms with Gasteiger partial charge < -0.3 is 10.4 Å². The first-order valence-electron chi connectivity index (χ1n) is 6.38. The molecule has 0 atom stereocenters. The van der Waals surface area contributed by atoms with E-state index in [-0.39, 0.29) is 18.1 Å². The SMILES string of the molecule is Cc1cc(C)cc(NC(=O)Cn2nnc(C(=O)O)c2C)c1. The van der Waals surface area contributed by atoms with Crippen molar-refractivity contribution in [3.05, 3.63) is 40.7 Å². The fraction of sp³-hybridized carbons (Fsp3) is 0.286. The van der Waals surface area contributed by atoms with Crippen LogP contribution < -0.4 is 5.32 Å².